The Morgan fingerprint density at radius 3 is 2.19 bits per heavy atom. The monoisotopic (exact) mass is 232 g/mol. The Kier molecular flexibility index (Phi) is 3.02. The van der Waals surface area contributed by atoms with Gasteiger partial charge >= 0.3 is 12.1 Å². The van der Waals surface area contributed by atoms with Crippen molar-refractivity contribution in [3.8, 4) is 0 Å². The van der Waals surface area contributed by atoms with Crippen LogP contribution in [0.5, 0.6) is 0 Å². The van der Waals surface area contributed by atoms with E-state index in [2.05, 4.69) is 0 Å². The van der Waals surface area contributed by atoms with Crippen LogP contribution in [0.3, 0.4) is 0 Å². The molecule has 0 aliphatic rings. The van der Waals surface area contributed by atoms with Crippen molar-refractivity contribution in [3.05, 3.63) is 34.9 Å². The molecule has 1 aromatic rings. The third-order valence-corrected chi connectivity index (χ3v) is 1.86. The van der Waals surface area contributed by atoms with Gasteiger partial charge in [-0.3, -0.25) is 4.79 Å². The summed E-state index contributed by atoms with van der Waals surface area (Å²) in [6.45, 7) is 1.36. The normalized spacial score (nSPS) is 11.2. The van der Waals surface area contributed by atoms with E-state index in [4.69, 9.17) is 5.11 Å². The summed E-state index contributed by atoms with van der Waals surface area (Å²) >= 11 is 0. The maximum Gasteiger partial charge on any atom is 0.416 e. The van der Waals surface area contributed by atoms with E-state index in [1.165, 1.54) is 6.92 Å². The molecule has 0 aliphatic carbocycles. The summed E-state index contributed by atoms with van der Waals surface area (Å²) in [5.41, 5.74) is -1.32. The summed E-state index contributed by atoms with van der Waals surface area (Å²) < 4.78 is 37.1. The topological polar surface area (TPSA) is 54.4 Å². The fraction of sp³-hybridized carbons (Fsp3) is 0.200. The Bertz CT molecular complexity index is 449. The van der Waals surface area contributed by atoms with Gasteiger partial charge in [0.05, 0.1) is 5.56 Å². The lowest BCUT2D eigenvalue weighted by atomic mass is 10.0. The summed E-state index contributed by atoms with van der Waals surface area (Å²) in [5.74, 6) is -3.13. The Hall–Kier alpha value is -1.85. The predicted octanol–water partition coefficient (Wildman–Crippen LogP) is 2.28. The van der Waals surface area contributed by atoms with Crippen LogP contribution in [0.15, 0.2) is 18.2 Å². The van der Waals surface area contributed by atoms with Gasteiger partial charge in [0.2, 0.25) is 0 Å². The van der Waals surface area contributed by atoms with Crippen LogP contribution in [0.2, 0.25) is 0 Å². The van der Waals surface area contributed by atoms with Gasteiger partial charge < -0.3 is 5.11 Å². The number of halogens is 3. The molecule has 1 aromatic carbocycles. The van der Waals surface area contributed by atoms with Crippen LogP contribution in [0, 0.1) is 6.92 Å². The van der Waals surface area contributed by atoms with E-state index in [9.17, 15) is 22.8 Å². The van der Waals surface area contributed by atoms with Crippen LogP contribution in [-0.2, 0) is 11.0 Å². The molecule has 0 bridgehead atoms. The van der Waals surface area contributed by atoms with Gasteiger partial charge in [-0.05, 0) is 30.7 Å². The zero-order valence-electron chi connectivity index (χ0n) is 8.13. The second-order valence-corrected chi connectivity index (χ2v) is 3.22. The maximum absolute atomic E-state index is 12.4. The van der Waals surface area contributed by atoms with Gasteiger partial charge in [0.1, 0.15) is 0 Å². The van der Waals surface area contributed by atoms with Crippen molar-refractivity contribution in [1.82, 2.24) is 0 Å². The molecule has 0 aliphatic heterocycles. The number of aryl methyl sites for hydroxylation is 1. The largest absolute Gasteiger partial charge is 0.475 e. The zero-order valence-corrected chi connectivity index (χ0v) is 8.13. The Morgan fingerprint density at radius 2 is 1.75 bits per heavy atom. The van der Waals surface area contributed by atoms with Crippen LogP contribution in [0.1, 0.15) is 21.5 Å². The smallest absolute Gasteiger partial charge is 0.416 e. The number of carboxylic acids is 1. The number of alkyl halides is 3. The van der Waals surface area contributed by atoms with Gasteiger partial charge in [-0.25, -0.2) is 4.79 Å². The lowest BCUT2D eigenvalue weighted by Gasteiger charge is -2.08. The molecule has 1 rings (SSSR count). The minimum atomic E-state index is -4.60. The molecule has 0 spiro atoms. The first-order chi connectivity index (χ1) is 7.21. The number of benzene rings is 1. The van der Waals surface area contributed by atoms with E-state index in [-0.39, 0.29) is 5.56 Å². The number of hydrogen-bond acceptors (Lipinski definition) is 2. The van der Waals surface area contributed by atoms with E-state index in [1.54, 1.807) is 0 Å². The molecule has 86 valence electrons. The van der Waals surface area contributed by atoms with Crippen LogP contribution in [-0.4, -0.2) is 16.9 Å². The van der Waals surface area contributed by atoms with Crippen LogP contribution >= 0.6 is 0 Å². The summed E-state index contributed by atoms with van der Waals surface area (Å²) in [6.07, 6.45) is -4.60. The summed E-state index contributed by atoms with van der Waals surface area (Å²) in [5, 5.41) is 8.39. The maximum atomic E-state index is 12.4. The number of rotatable bonds is 2. The summed E-state index contributed by atoms with van der Waals surface area (Å²) in [7, 11) is 0. The van der Waals surface area contributed by atoms with Crippen molar-refractivity contribution in [2.75, 3.05) is 0 Å². The first kappa shape index (κ1) is 12.2. The third-order valence-electron chi connectivity index (χ3n) is 1.86. The lowest BCUT2D eigenvalue weighted by molar-refractivity contribution is -0.137. The third kappa shape index (κ3) is 2.59. The molecule has 0 heterocycles. The first-order valence-electron chi connectivity index (χ1n) is 4.18. The average molecular weight is 232 g/mol. The van der Waals surface area contributed by atoms with Crippen LogP contribution in [0.4, 0.5) is 13.2 Å². The molecule has 0 saturated heterocycles. The van der Waals surface area contributed by atoms with E-state index in [0.29, 0.717) is 6.07 Å². The lowest BCUT2D eigenvalue weighted by Crippen LogP contribution is -2.15. The highest BCUT2D eigenvalue weighted by Crippen LogP contribution is 2.30. The molecule has 0 amide bonds. The molecule has 1 N–H and O–H groups in total. The molecule has 16 heavy (non-hydrogen) atoms. The number of carbonyl (C=O) groups is 2. The number of carbonyl (C=O) groups excluding carboxylic acids is 1. The van der Waals surface area contributed by atoms with E-state index in [1.807, 2.05) is 0 Å². The zero-order chi connectivity index (χ0) is 12.5. The minimum Gasteiger partial charge on any atom is -0.475 e. The molecule has 0 aromatic heterocycles. The minimum absolute atomic E-state index is 0.180. The van der Waals surface area contributed by atoms with Gasteiger partial charge in [0.25, 0.3) is 5.78 Å². The van der Waals surface area contributed by atoms with E-state index >= 15 is 0 Å². The number of ketones is 1. The van der Waals surface area contributed by atoms with Gasteiger partial charge in [-0.1, -0.05) is 0 Å². The molecule has 0 saturated carbocycles. The van der Waals surface area contributed by atoms with Gasteiger partial charge in [-0.2, -0.15) is 13.2 Å². The summed E-state index contributed by atoms with van der Waals surface area (Å²) in [6, 6.07) is 2.48. The highest BCUT2D eigenvalue weighted by Gasteiger charge is 2.32. The quantitative estimate of drug-likeness (QED) is 0.628. The van der Waals surface area contributed by atoms with Crippen molar-refractivity contribution in [2.24, 2.45) is 0 Å². The fourth-order valence-electron chi connectivity index (χ4n) is 1.20. The number of Topliss-reactive ketones (excluding diaryl/α,β-unsaturated/α-hetero) is 1. The average Bonchev–Trinajstić information content (AvgIpc) is 2.14. The second kappa shape index (κ2) is 3.96. The fourth-order valence-corrected chi connectivity index (χ4v) is 1.20. The number of hydrogen-bond donors (Lipinski definition) is 1. The molecule has 0 fully saturated rings. The van der Waals surface area contributed by atoms with E-state index < -0.39 is 29.1 Å². The van der Waals surface area contributed by atoms with Gasteiger partial charge in [0, 0.05) is 5.56 Å². The second-order valence-electron chi connectivity index (χ2n) is 3.22. The molecule has 0 unspecified atom stereocenters. The van der Waals surface area contributed by atoms with Crippen LogP contribution in [0.25, 0.3) is 0 Å². The highest BCUT2D eigenvalue weighted by molar-refractivity contribution is 6.39. The number of carboxylic acid groups (broad SMARTS) is 1. The van der Waals surface area contributed by atoms with Crippen molar-refractivity contribution < 1.29 is 27.9 Å². The molecular formula is C10H7F3O3. The van der Waals surface area contributed by atoms with Crippen molar-refractivity contribution in [2.45, 2.75) is 13.1 Å². The first-order valence-corrected chi connectivity index (χ1v) is 4.18. The van der Waals surface area contributed by atoms with Crippen molar-refractivity contribution >= 4 is 11.8 Å². The Morgan fingerprint density at radius 1 is 1.19 bits per heavy atom. The molecule has 0 radical (unpaired) electrons. The SMILES string of the molecule is Cc1cc(C(=O)C(=O)O)cc(C(F)(F)F)c1. The van der Waals surface area contributed by atoms with Crippen molar-refractivity contribution in [1.29, 1.82) is 0 Å². The molecule has 3 nitrogen and oxygen atoms in total. The standard InChI is InChI=1S/C10H7F3O3/c1-5-2-6(8(14)9(15)16)4-7(3-5)10(11,12)13/h2-4H,1H3,(H,15,16). The molecule has 6 heteroatoms. The Labute approximate surface area is 88.5 Å². The van der Waals surface area contributed by atoms with Gasteiger partial charge in [-0.15, -0.1) is 0 Å². The van der Waals surface area contributed by atoms with E-state index in [0.717, 1.165) is 12.1 Å². The Balaban J connectivity index is 3.29. The highest BCUT2D eigenvalue weighted by atomic mass is 19.4. The summed E-state index contributed by atoms with van der Waals surface area (Å²) in [4.78, 5) is 21.4. The van der Waals surface area contributed by atoms with Crippen LogP contribution < -0.4 is 0 Å². The number of aliphatic carboxylic acids is 1. The van der Waals surface area contributed by atoms with Gasteiger partial charge in [0.15, 0.2) is 0 Å². The predicted molar refractivity (Wildman–Crippen MR) is 48.1 cm³/mol. The van der Waals surface area contributed by atoms with Crippen molar-refractivity contribution in [3.63, 3.8) is 0 Å². The molecular weight excluding hydrogens is 225 g/mol. The molecule has 0 atom stereocenters.